The zero-order valence-electron chi connectivity index (χ0n) is 12.5. The molecule has 21 heavy (non-hydrogen) atoms. The molecule has 0 aliphatic carbocycles. The van der Waals surface area contributed by atoms with Gasteiger partial charge in [0.25, 0.3) is 0 Å². The van der Waals surface area contributed by atoms with E-state index in [-0.39, 0.29) is 11.9 Å². The van der Waals surface area contributed by atoms with Gasteiger partial charge in [-0.3, -0.25) is 4.79 Å². The van der Waals surface area contributed by atoms with Crippen molar-refractivity contribution in [1.82, 2.24) is 19.7 Å². The minimum absolute atomic E-state index is 0.232. The van der Waals surface area contributed by atoms with Crippen molar-refractivity contribution in [3.63, 3.8) is 0 Å². The summed E-state index contributed by atoms with van der Waals surface area (Å²) in [7, 11) is 3.23. The molecule has 0 spiro atoms. The maximum atomic E-state index is 11.6. The van der Waals surface area contributed by atoms with Crippen LogP contribution in [0.3, 0.4) is 0 Å². The van der Waals surface area contributed by atoms with Crippen molar-refractivity contribution in [3.05, 3.63) is 10.9 Å². The van der Waals surface area contributed by atoms with Gasteiger partial charge in [-0.05, 0) is 22.9 Å². The average molecular weight is 356 g/mol. The lowest BCUT2D eigenvalue weighted by Crippen LogP contribution is -2.33. The summed E-state index contributed by atoms with van der Waals surface area (Å²) >= 11 is 3.44. The largest absolute Gasteiger partial charge is 0.469 e. The predicted molar refractivity (Wildman–Crippen MR) is 83.1 cm³/mol. The van der Waals surface area contributed by atoms with Gasteiger partial charge in [-0.1, -0.05) is 6.92 Å². The lowest BCUT2D eigenvalue weighted by Gasteiger charge is -2.24. The smallest absolute Gasteiger partial charge is 0.310 e. The highest BCUT2D eigenvalue weighted by Gasteiger charge is 2.22. The summed E-state index contributed by atoms with van der Waals surface area (Å²) in [4.78, 5) is 22.3. The molecule has 2 aromatic rings. The Labute approximate surface area is 131 Å². The fourth-order valence-electron chi connectivity index (χ4n) is 2.24. The Bertz CT molecular complexity index is 657. The van der Waals surface area contributed by atoms with E-state index in [9.17, 15) is 4.79 Å². The summed E-state index contributed by atoms with van der Waals surface area (Å²) < 4.78 is 7.18. The molecule has 0 saturated heterocycles. The molecule has 0 saturated carbocycles. The summed E-state index contributed by atoms with van der Waals surface area (Å²) in [5.41, 5.74) is 0.746. The van der Waals surface area contributed by atoms with E-state index < -0.39 is 0 Å². The lowest BCUT2D eigenvalue weighted by molar-refractivity contribution is -0.144. The maximum absolute atomic E-state index is 11.6. The van der Waals surface area contributed by atoms with Crippen LogP contribution in [0, 0.1) is 5.92 Å². The van der Waals surface area contributed by atoms with Crippen molar-refractivity contribution in [2.45, 2.75) is 13.8 Å². The van der Waals surface area contributed by atoms with Crippen LogP contribution in [0.25, 0.3) is 11.0 Å². The average Bonchev–Trinajstić information content (AvgIpc) is 2.78. The van der Waals surface area contributed by atoms with E-state index in [1.807, 2.05) is 25.8 Å². The molecule has 0 fully saturated rings. The molecule has 2 aromatic heterocycles. The predicted octanol–water partition coefficient (Wildman–Crippen LogP) is 1.76. The molecule has 0 bridgehead atoms. The van der Waals surface area contributed by atoms with E-state index >= 15 is 0 Å². The lowest BCUT2D eigenvalue weighted by atomic mass is 10.1. The monoisotopic (exact) mass is 355 g/mol. The van der Waals surface area contributed by atoms with Crippen LogP contribution in [0.4, 0.5) is 5.82 Å². The van der Waals surface area contributed by atoms with Gasteiger partial charge in [0, 0.05) is 20.1 Å². The third-order valence-electron chi connectivity index (χ3n) is 3.34. The van der Waals surface area contributed by atoms with Crippen molar-refractivity contribution in [2.24, 2.45) is 13.0 Å². The second kappa shape index (κ2) is 6.38. The molecule has 2 rings (SSSR count). The number of anilines is 1. The highest BCUT2D eigenvalue weighted by molar-refractivity contribution is 9.10. The summed E-state index contributed by atoms with van der Waals surface area (Å²) in [6, 6.07) is 0. The SMILES string of the molecule is CCN(CC(C)C(=O)OC)c1ncnc2c1c(Br)nn2C. The van der Waals surface area contributed by atoms with Crippen LogP contribution in [-0.4, -0.2) is 45.9 Å². The minimum Gasteiger partial charge on any atom is -0.469 e. The Kier molecular flexibility index (Phi) is 4.76. The van der Waals surface area contributed by atoms with E-state index in [4.69, 9.17) is 4.74 Å². The number of methoxy groups -OCH3 is 1. The second-order valence-corrected chi connectivity index (χ2v) is 5.52. The maximum Gasteiger partial charge on any atom is 0.310 e. The number of fused-ring (bicyclic) bond motifs is 1. The van der Waals surface area contributed by atoms with Gasteiger partial charge in [-0.15, -0.1) is 0 Å². The van der Waals surface area contributed by atoms with Crippen molar-refractivity contribution in [2.75, 3.05) is 25.1 Å². The molecule has 8 heteroatoms. The first-order valence-corrected chi connectivity index (χ1v) is 7.44. The van der Waals surface area contributed by atoms with Gasteiger partial charge < -0.3 is 9.64 Å². The topological polar surface area (TPSA) is 73.1 Å². The Balaban J connectivity index is 2.41. The fourth-order valence-corrected chi connectivity index (χ4v) is 2.83. The van der Waals surface area contributed by atoms with Gasteiger partial charge in [-0.25, -0.2) is 14.6 Å². The summed E-state index contributed by atoms with van der Waals surface area (Å²) in [5.74, 6) is 0.289. The molecule has 1 unspecified atom stereocenters. The number of rotatable bonds is 5. The first-order chi connectivity index (χ1) is 9.99. The van der Waals surface area contributed by atoms with E-state index in [1.54, 1.807) is 4.68 Å². The summed E-state index contributed by atoms with van der Waals surface area (Å²) in [6.07, 6.45) is 1.51. The van der Waals surface area contributed by atoms with E-state index in [0.29, 0.717) is 11.1 Å². The number of carbonyl (C=O) groups is 1. The van der Waals surface area contributed by atoms with Crippen LogP contribution in [-0.2, 0) is 16.6 Å². The second-order valence-electron chi connectivity index (χ2n) is 4.77. The Morgan fingerprint density at radius 2 is 2.24 bits per heavy atom. The number of esters is 1. The van der Waals surface area contributed by atoms with Crippen molar-refractivity contribution in [1.29, 1.82) is 0 Å². The van der Waals surface area contributed by atoms with E-state index in [2.05, 4.69) is 31.0 Å². The van der Waals surface area contributed by atoms with E-state index in [0.717, 1.165) is 23.4 Å². The molecule has 2 heterocycles. The molecule has 0 radical (unpaired) electrons. The van der Waals surface area contributed by atoms with Gasteiger partial charge >= 0.3 is 5.97 Å². The van der Waals surface area contributed by atoms with Crippen molar-refractivity contribution in [3.8, 4) is 0 Å². The number of hydrogen-bond acceptors (Lipinski definition) is 6. The zero-order chi connectivity index (χ0) is 15.6. The van der Waals surface area contributed by atoms with Gasteiger partial charge in [-0.2, -0.15) is 5.10 Å². The van der Waals surface area contributed by atoms with Crippen LogP contribution in [0.15, 0.2) is 10.9 Å². The normalized spacial score (nSPS) is 12.4. The Morgan fingerprint density at radius 3 is 2.86 bits per heavy atom. The molecule has 0 amide bonds. The van der Waals surface area contributed by atoms with Gasteiger partial charge in [0.05, 0.1) is 18.4 Å². The van der Waals surface area contributed by atoms with Crippen LogP contribution >= 0.6 is 15.9 Å². The highest BCUT2D eigenvalue weighted by atomic mass is 79.9. The van der Waals surface area contributed by atoms with Gasteiger partial charge in [0.2, 0.25) is 0 Å². The quantitative estimate of drug-likeness (QED) is 0.761. The van der Waals surface area contributed by atoms with Crippen LogP contribution in [0.1, 0.15) is 13.8 Å². The number of aromatic nitrogens is 4. The number of hydrogen-bond donors (Lipinski definition) is 0. The molecule has 7 nitrogen and oxygen atoms in total. The number of nitrogens with zero attached hydrogens (tertiary/aromatic N) is 5. The molecular weight excluding hydrogens is 338 g/mol. The summed E-state index contributed by atoms with van der Waals surface area (Å²) in [5, 5.41) is 5.16. The first-order valence-electron chi connectivity index (χ1n) is 6.65. The minimum atomic E-state index is -0.240. The molecule has 0 aromatic carbocycles. The fraction of sp³-hybridized carbons (Fsp3) is 0.538. The van der Waals surface area contributed by atoms with E-state index in [1.165, 1.54) is 13.4 Å². The van der Waals surface area contributed by atoms with Crippen LogP contribution < -0.4 is 4.90 Å². The molecular formula is C13H18BrN5O2. The number of aryl methyl sites for hydroxylation is 1. The molecule has 0 aliphatic heterocycles. The highest BCUT2D eigenvalue weighted by Crippen LogP contribution is 2.29. The number of halogens is 1. The Hall–Kier alpha value is -1.70. The van der Waals surface area contributed by atoms with Gasteiger partial charge in [0.1, 0.15) is 16.7 Å². The third-order valence-corrected chi connectivity index (χ3v) is 3.89. The van der Waals surface area contributed by atoms with Crippen molar-refractivity contribution >= 4 is 38.8 Å². The molecule has 114 valence electrons. The zero-order valence-corrected chi connectivity index (χ0v) is 14.1. The number of carbonyl (C=O) groups excluding carboxylic acids is 1. The third kappa shape index (κ3) is 2.99. The number of ether oxygens (including phenoxy) is 1. The standard InChI is InChI=1S/C13H18BrN5O2/c1-5-19(6-8(2)13(20)21-4)12-9-10(14)17-18(3)11(9)15-7-16-12/h7-8H,5-6H2,1-4H3. The van der Waals surface area contributed by atoms with Crippen LogP contribution in [0.2, 0.25) is 0 Å². The molecule has 1 atom stereocenters. The summed E-state index contributed by atoms with van der Waals surface area (Å²) in [6.45, 7) is 5.10. The molecule has 0 aliphatic rings. The van der Waals surface area contributed by atoms with Crippen molar-refractivity contribution < 1.29 is 9.53 Å². The molecule has 0 N–H and O–H groups in total. The first kappa shape index (κ1) is 15.7. The van der Waals surface area contributed by atoms with Crippen LogP contribution in [0.5, 0.6) is 0 Å². The van der Waals surface area contributed by atoms with Gasteiger partial charge in [0.15, 0.2) is 5.65 Å². The Morgan fingerprint density at radius 1 is 1.52 bits per heavy atom.